The molecule has 1 heterocycles. The summed E-state index contributed by atoms with van der Waals surface area (Å²) in [6.07, 6.45) is -0.0478. The molecule has 1 unspecified atom stereocenters. The second kappa shape index (κ2) is 6.99. The molecular weight excluding hydrogens is 290 g/mol. The first kappa shape index (κ1) is 15.2. The molecule has 1 saturated heterocycles. The molecule has 2 amide bonds. The zero-order chi connectivity index (χ0) is 15.2. The molecule has 0 spiro atoms. The quantitative estimate of drug-likeness (QED) is 0.890. The van der Waals surface area contributed by atoms with Crippen LogP contribution in [0.15, 0.2) is 24.3 Å². The lowest BCUT2D eigenvalue weighted by molar-refractivity contribution is -0.137. The van der Waals surface area contributed by atoms with Gasteiger partial charge < -0.3 is 15.3 Å². The van der Waals surface area contributed by atoms with E-state index in [1.54, 1.807) is 40.9 Å². The van der Waals surface area contributed by atoms with Crippen molar-refractivity contribution in [3.63, 3.8) is 0 Å². The monoisotopic (exact) mass is 305 g/mol. The lowest BCUT2D eigenvalue weighted by atomic mass is 10.2. The molecule has 1 aliphatic rings. The van der Waals surface area contributed by atoms with Crippen LogP contribution in [0.25, 0.3) is 0 Å². The summed E-state index contributed by atoms with van der Waals surface area (Å²) in [5.74, 6) is 0.531. The van der Waals surface area contributed by atoms with Gasteiger partial charge in [0.25, 0.3) is 0 Å². The molecule has 2 rings (SSSR count). The second-order valence-electron chi connectivity index (χ2n) is 4.64. The van der Waals surface area contributed by atoms with Crippen molar-refractivity contribution in [1.82, 2.24) is 4.90 Å². The Balaban J connectivity index is 2.02. The maximum Gasteiger partial charge on any atom is 0.322 e. The van der Waals surface area contributed by atoms with E-state index in [-0.39, 0.29) is 18.5 Å². The molecule has 0 aromatic heterocycles. The van der Waals surface area contributed by atoms with Crippen molar-refractivity contribution >= 4 is 29.4 Å². The smallest absolute Gasteiger partial charge is 0.322 e. The standard InChI is InChI=1S/C14H15N3O3S/c15-8-10-1-3-11(4-2-10)16-14(20)17-5-6-21-9-12(17)7-13(18)19/h1-4,12H,5-7,9H2,(H,16,20)(H,18,19). The third-order valence-electron chi connectivity index (χ3n) is 3.16. The molecule has 6 nitrogen and oxygen atoms in total. The Morgan fingerprint density at radius 3 is 2.76 bits per heavy atom. The van der Waals surface area contributed by atoms with Crippen LogP contribution >= 0.6 is 11.8 Å². The van der Waals surface area contributed by atoms with Crippen LogP contribution in [0.4, 0.5) is 10.5 Å². The Kier molecular flexibility index (Phi) is 5.06. The molecule has 1 fully saturated rings. The first-order valence-electron chi connectivity index (χ1n) is 6.47. The topological polar surface area (TPSA) is 93.4 Å². The number of benzene rings is 1. The average molecular weight is 305 g/mol. The van der Waals surface area contributed by atoms with E-state index in [0.29, 0.717) is 23.5 Å². The molecule has 2 N–H and O–H groups in total. The van der Waals surface area contributed by atoms with Gasteiger partial charge in [-0.15, -0.1) is 0 Å². The molecule has 0 saturated carbocycles. The Labute approximate surface area is 126 Å². The molecule has 1 aromatic carbocycles. The van der Waals surface area contributed by atoms with E-state index in [1.807, 2.05) is 6.07 Å². The van der Waals surface area contributed by atoms with E-state index in [9.17, 15) is 9.59 Å². The number of carbonyl (C=O) groups excluding carboxylic acids is 1. The molecule has 110 valence electrons. The van der Waals surface area contributed by atoms with Crippen molar-refractivity contribution in [1.29, 1.82) is 5.26 Å². The van der Waals surface area contributed by atoms with Crippen molar-refractivity contribution in [2.24, 2.45) is 0 Å². The van der Waals surface area contributed by atoms with Gasteiger partial charge in [-0.1, -0.05) is 0 Å². The Hall–Kier alpha value is -2.20. The number of hydrogen-bond donors (Lipinski definition) is 2. The number of anilines is 1. The van der Waals surface area contributed by atoms with Crippen LogP contribution in [-0.2, 0) is 4.79 Å². The molecule has 0 aliphatic carbocycles. The SMILES string of the molecule is N#Cc1ccc(NC(=O)N2CCSCC2CC(=O)O)cc1. The minimum atomic E-state index is -0.904. The van der Waals surface area contributed by atoms with Gasteiger partial charge in [0.05, 0.1) is 24.1 Å². The molecular formula is C14H15N3O3S. The number of carbonyl (C=O) groups is 2. The number of urea groups is 1. The zero-order valence-electron chi connectivity index (χ0n) is 11.3. The molecule has 21 heavy (non-hydrogen) atoms. The van der Waals surface area contributed by atoms with Gasteiger partial charge in [-0.3, -0.25) is 4.79 Å². The normalized spacial score (nSPS) is 17.9. The second-order valence-corrected chi connectivity index (χ2v) is 5.79. The number of rotatable bonds is 3. The third kappa shape index (κ3) is 4.13. The van der Waals surface area contributed by atoms with Crippen molar-refractivity contribution in [3.05, 3.63) is 29.8 Å². The van der Waals surface area contributed by atoms with Crippen LogP contribution in [-0.4, -0.2) is 46.1 Å². The van der Waals surface area contributed by atoms with Crippen molar-refractivity contribution < 1.29 is 14.7 Å². The highest BCUT2D eigenvalue weighted by atomic mass is 32.2. The van der Waals surface area contributed by atoms with Gasteiger partial charge in [0, 0.05) is 23.7 Å². The predicted molar refractivity (Wildman–Crippen MR) is 80.2 cm³/mol. The van der Waals surface area contributed by atoms with E-state index in [0.717, 1.165) is 5.75 Å². The van der Waals surface area contributed by atoms with E-state index in [2.05, 4.69) is 5.32 Å². The predicted octanol–water partition coefficient (Wildman–Crippen LogP) is 1.98. The number of carboxylic acid groups (broad SMARTS) is 1. The first-order chi connectivity index (χ1) is 10.1. The fraction of sp³-hybridized carbons (Fsp3) is 0.357. The lowest BCUT2D eigenvalue weighted by Gasteiger charge is -2.34. The Bertz CT molecular complexity index is 568. The van der Waals surface area contributed by atoms with Crippen LogP contribution < -0.4 is 5.32 Å². The minimum absolute atomic E-state index is 0.0478. The molecule has 1 aromatic rings. The third-order valence-corrected chi connectivity index (χ3v) is 4.26. The maximum atomic E-state index is 12.3. The summed E-state index contributed by atoms with van der Waals surface area (Å²) in [7, 11) is 0. The van der Waals surface area contributed by atoms with Gasteiger partial charge in [-0.05, 0) is 24.3 Å². The summed E-state index contributed by atoms with van der Waals surface area (Å²) < 4.78 is 0. The largest absolute Gasteiger partial charge is 0.481 e. The Morgan fingerprint density at radius 1 is 1.43 bits per heavy atom. The summed E-state index contributed by atoms with van der Waals surface area (Å²) >= 11 is 1.66. The highest BCUT2D eigenvalue weighted by Crippen LogP contribution is 2.20. The van der Waals surface area contributed by atoms with E-state index < -0.39 is 5.97 Å². The molecule has 1 atom stereocenters. The number of nitrogens with one attached hydrogen (secondary N) is 1. The lowest BCUT2D eigenvalue weighted by Crippen LogP contribution is -2.48. The number of hydrogen-bond acceptors (Lipinski definition) is 4. The fourth-order valence-corrected chi connectivity index (χ4v) is 3.18. The van der Waals surface area contributed by atoms with Crippen LogP contribution in [0.1, 0.15) is 12.0 Å². The van der Waals surface area contributed by atoms with Crippen molar-refractivity contribution in [3.8, 4) is 6.07 Å². The van der Waals surface area contributed by atoms with E-state index in [1.165, 1.54) is 0 Å². The van der Waals surface area contributed by atoms with Crippen LogP contribution in [0.3, 0.4) is 0 Å². The highest BCUT2D eigenvalue weighted by molar-refractivity contribution is 7.99. The van der Waals surface area contributed by atoms with Gasteiger partial charge in [0.2, 0.25) is 0 Å². The number of amides is 2. The van der Waals surface area contributed by atoms with Gasteiger partial charge in [-0.25, -0.2) is 4.79 Å². The van der Waals surface area contributed by atoms with Gasteiger partial charge in [-0.2, -0.15) is 17.0 Å². The summed E-state index contributed by atoms with van der Waals surface area (Å²) in [5.41, 5.74) is 1.11. The Morgan fingerprint density at radius 2 is 2.14 bits per heavy atom. The molecule has 1 aliphatic heterocycles. The van der Waals surface area contributed by atoms with Crippen LogP contribution in [0.5, 0.6) is 0 Å². The average Bonchev–Trinajstić information content (AvgIpc) is 2.48. The molecule has 7 heteroatoms. The van der Waals surface area contributed by atoms with Crippen LogP contribution in [0, 0.1) is 11.3 Å². The number of nitrogens with zero attached hydrogens (tertiary/aromatic N) is 2. The van der Waals surface area contributed by atoms with Gasteiger partial charge in [0.15, 0.2) is 0 Å². The number of carboxylic acids is 1. The number of thioether (sulfide) groups is 1. The van der Waals surface area contributed by atoms with Crippen LogP contribution in [0.2, 0.25) is 0 Å². The number of nitriles is 1. The first-order valence-corrected chi connectivity index (χ1v) is 7.63. The summed E-state index contributed by atoms with van der Waals surface area (Å²) in [5, 5.41) is 20.4. The van der Waals surface area contributed by atoms with Gasteiger partial charge in [0.1, 0.15) is 0 Å². The minimum Gasteiger partial charge on any atom is -0.481 e. The highest BCUT2D eigenvalue weighted by Gasteiger charge is 2.28. The molecule has 0 radical (unpaired) electrons. The zero-order valence-corrected chi connectivity index (χ0v) is 12.1. The summed E-state index contributed by atoms with van der Waals surface area (Å²) in [6, 6.07) is 7.97. The van der Waals surface area contributed by atoms with E-state index in [4.69, 9.17) is 10.4 Å². The van der Waals surface area contributed by atoms with Gasteiger partial charge >= 0.3 is 12.0 Å². The fourth-order valence-electron chi connectivity index (χ4n) is 2.12. The van der Waals surface area contributed by atoms with Crippen molar-refractivity contribution in [2.75, 3.05) is 23.4 Å². The summed E-state index contributed by atoms with van der Waals surface area (Å²) in [4.78, 5) is 24.7. The maximum absolute atomic E-state index is 12.3. The summed E-state index contributed by atoms with van der Waals surface area (Å²) in [6.45, 7) is 0.532. The van der Waals surface area contributed by atoms with Crippen molar-refractivity contribution in [2.45, 2.75) is 12.5 Å². The molecule has 0 bridgehead atoms. The van der Waals surface area contributed by atoms with E-state index >= 15 is 0 Å². The number of aliphatic carboxylic acids is 1.